The van der Waals surface area contributed by atoms with E-state index in [1.807, 2.05) is 0 Å². The number of halogens is 1. The number of aromatic carboxylic acids is 1. The molecule has 4 rings (SSSR count). The van der Waals surface area contributed by atoms with E-state index in [0.717, 1.165) is 22.5 Å². The van der Waals surface area contributed by atoms with Gasteiger partial charge in [-0.3, -0.25) is 10.1 Å². The smallest absolute Gasteiger partial charge is 0.349 e. The van der Waals surface area contributed by atoms with Crippen molar-refractivity contribution in [3.63, 3.8) is 0 Å². The zero-order valence-electron chi connectivity index (χ0n) is 20.6. The van der Waals surface area contributed by atoms with Gasteiger partial charge in [-0.2, -0.15) is 9.78 Å². The van der Waals surface area contributed by atoms with E-state index in [2.05, 4.69) is 30.9 Å². The molecule has 0 radical (unpaired) electrons. The van der Waals surface area contributed by atoms with Gasteiger partial charge in [-0.05, 0) is 36.4 Å². The number of benzene rings is 2. The van der Waals surface area contributed by atoms with Gasteiger partial charge < -0.3 is 30.6 Å². The number of nitrogens with one attached hydrogen (secondary N) is 5. The summed E-state index contributed by atoms with van der Waals surface area (Å²) in [6.07, 6.45) is 2.28. The second kappa shape index (κ2) is 11.0. The van der Waals surface area contributed by atoms with E-state index >= 15 is 4.39 Å². The molecule has 14 heteroatoms. The minimum Gasteiger partial charge on any atom is -0.493 e. The fourth-order valence-electron chi connectivity index (χ4n) is 3.95. The van der Waals surface area contributed by atoms with Crippen molar-refractivity contribution in [1.29, 1.82) is 5.41 Å². The normalized spacial score (nSPS) is 11.7. The van der Waals surface area contributed by atoms with Gasteiger partial charge in [0, 0.05) is 30.1 Å². The summed E-state index contributed by atoms with van der Waals surface area (Å²) < 4.78 is 26.8. The molecule has 0 amide bonds. The molecule has 13 nitrogen and oxygen atoms in total. The van der Waals surface area contributed by atoms with Crippen LogP contribution in [0.5, 0.6) is 11.5 Å². The predicted octanol–water partition coefficient (Wildman–Crippen LogP) is 2.06. The van der Waals surface area contributed by atoms with Crippen molar-refractivity contribution in [2.24, 2.45) is 0 Å². The van der Waals surface area contributed by atoms with E-state index < -0.39 is 23.5 Å². The van der Waals surface area contributed by atoms with Crippen molar-refractivity contribution in [1.82, 2.24) is 30.3 Å². The molecule has 38 heavy (non-hydrogen) atoms. The van der Waals surface area contributed by atoms with Crippen LogP contribution in [0, 0.1) is 11.2 Å². The predicted molar refractivity (Wildman–Crippen MR) is 135 cm³/mol. The Morgan fingerprint density at radius 3 is 2.66 bits per heavy atom. The van der Waals surface area contributed by atoms with Crippen LogP contribution in [0.1, 0.15) is 38.9 Å². The molecule has 4 aromatic rings. The second-order valence-electron chi connectivity index (χ2n) is 8.06. The number of carboxylic acid groups (broad SMARTS) is 1. The van der Waals surface area contributed by atoms with Crippen LogP contribution in [-0.2, 0) is 6.54 Å². The van der Waals surface area contributed by atoms with Crippen LogP contribution >= 0.6 is 0 Å². The highest BCUT2D eigenvalue weighted by Gasteiger charge is 2.27. The van der Waals surface area contributed by atoms with Crippen LogP contribution in [0.2, 0.25) is 0 Å². The molecule has 0 aliphatic rings. The average Bonchev–Trinajstić information content (AvgIpc) is 3.54. The van der Waals surface area contributed by atoms with Gasteiger partial charge in [0.05, 0.1) is 20.4 Å². The quantitative estimate of drug-likeness (QED) is 0.160. The van der Waals surface area contributed by atoms with Crippen LogP contribution in [0.4, 0.5) is 10.1 Å². The molecule has 1 unspecified atom stereocenters. The van der Waals surface area contributed by atoms with Crippen LogP contribution in [0.3, 0.4) is 0 Å². The van der Waals surface area contributed by atoms with Gasteiger partial charge in [0.15, 0.2) is 23.1 Å². The van der Waals surface area contributed by atoms with Gasteiger partial charge in [0.1, 0.15) is 17.4 Å². The van der Waals surface area contributed by atoms with E-state index in [4.69, 9.17) is 14.9 Å². The Balaban J connectivity index is 1.87. The van der Waals surface area contributed by atoms with E-state index in [1.54, 1.807) is 25.2 Å². The molecular formula is C24H25FN8O5. The lowest BCUT2D eigenvalue weighted by atomic mass is 10.0. The Hall–Kier alpha value is -4.98. The van der Waals surface area contributed by atoms with Gasteiger partial charge >= 0.3 is 11.7 Å². The Bertz CT molecular complexity index is 1540. The maximum atomic E-state index is 15.4. The van der Waals surface area contributed by atoms with Crippen LogP contribution in [-0.4, -0.2) is 63.5 Å². The van der Waals surface area contributed by atoms with E-state index in [1.165, 1.54) is 26.5 Å². The maximum absolute atomic E-state index is 15.4. The number of anilines is 1. The molecule has 0 aliphatic heterocycles. The summed E-state index contributed by atoms with van der Waals surface area (Å²) in [5.41, 5.74) is 1.07. The molecule has 0 spiro atoms. The highest BCUT2D eigenvalue weighted by atomic mass is 19.1. The Kier molecular flexibility index (Phi) is 7.53. The highest BCUT2D eigenvalue weighted by molar-refractivity contribution is 5.90. The minimum atomic E-state index is -1.31. The Labute approximate surface area is 215 Å². The highest BCUT2D eigenvalue weighted by Crippen LogP contribution is 2.35. The van der Waals surface area contributed by atoms with Crippen LogP contribution in [0.25, 0.3) is 5.82 Å². The summed E-state index contributed by atoms with van der Waals surface area (Å²) >= 11 is 0. The molecule has 0 bridgehead atoms. The number of hydrogen-bond acceptors (Lipinski definition) is 9. The monoisotopic (exact) mass is 524 g/mol. The first-order valence-corrected chi connectivity index (χ1v) is 11.2. The number of carbonyl (C=O) groups is 1. The first kappa shape index (κ1) is 26.1. The number of nitrogens with zero attached hydrogens (tertiary/aromatic N) is 3. The van der Waals surface area contributed by atoms with Crippen LogP contribution in [0.15, 0.2) is 41.3 Å². The number of methoxy groups -OCH3 is 2. The van der Waals surface area contributed by atoms with Gasteiger partial charge in [-0.1, -0.05) is 6.07 Å². The molecule has 0 aliphatic carbocycles. The first-order chi connectivity index (χ1) is 18.3. The number of ether oxygens (including phenoxy) is 2. The molecule has 0 fully saturated rings. The minimum absolute atomic E-state index is 0.0154. The van der Waals surface area contributed by atoms with Gasteiger partial charge in [0.25, 0.3) is 0 Å². The molecule has 2 heterocycles. The van der Waals surface area contributed by atoms with Crippen molar-refractivity contribution in [3.8, 4) is 17.3 Å². The number of H-pyrrole nitrogens is 2. The van der Waals surface area contributed by atoms with Gasteiger partial charge in [-0.25, -0.2) is 14.0 Å². The number of aromatic amines is 2. The Morgan fingerprint density at radius 2 is 2.00 bits per heavy atom. The number of aromatic nitrogens is 5. The topological polar surface area (TPSA) is 183 Å². The molecular weight excluding hydrogens is 499 g/mol. The Morgan fingerprint density at radius 1 is 1.26 bits per heavy atom. The number of rotatable bonds is 11. The fourth-order valence-corrected chi connectivity index (χ4v) is 3.95. The zero-order chi connectivity index (χ0) is 27.4. The SMILES string of the molecule is CNCc1cc(NC(c2nn(-c3[nH]ncc3C(=O)O)c(=O)[nH]2)c2cc(OC)c(OC)cc2F)ccc1C=N. The summed E-state index contributed by atoms with van der Waals surface area (Å²) in [4.78, 5) is 27.0. The van der Waals surface area contributed by atoms with E-state index in [9.17, 15) is 14.7 Å². The first-order valence-electron chi connectivity index (χ1n) is 11.2. The molecule has 6 N–H and O–H groups in total. The third-order valence-corrected chi connectivity index (χ3v) is 5.76. The summed E-state index contributed by atoms with van der Waals surface area (Å²) in [7, 11) is 4.56. The summed E-state index contributed by atoms with van der Waals surface area (Å²) in [5.74, 6) is -1.75. The van der Waals surface area contributed by atoms with Crippen LogP contribution < -0.4 is 25.8 Å². The van der Waals surface area contributed by atoms with Crippen molar-refractivity contribution in [3.05, 3.63) is 80.9 Å². The van der Waals surface area contributed by atoms with Crippen molar-refractivity contribution < 1.29 is 23.8 Å². The average molecular weight is 525 g/mol. The van der Waals surface area contributed by atoms with E-state index in [-0.39, 0.29) is 34.3 Å². The van der Waals surface area contributed by atoms with Gasteiger partial charge in [-0.15, -0.1) is 5.10 Å². The lowest BCUT2D eigenvalue weighted by Crippen LogP contribution is -2.18. The maximum Gasteiger partial charge on any atom is 0.349 e. The largest absolute Gasteiger partial charge is 0.493 e. The summed E-state index contributed by atoms with van der Waals surface area (Å²) in [6.45, 7) is 0.471. The second-order valence-corrected chi connectivity index (χ2v) is 8.06. The molecule has 2 aromatic heterocycles. The lowest BCUT2D eigenvalue weighted by Gasteiger charge is -2.21. The fraction of sp³-hybridized carbons (Fsp3) is 0.208. The third kappa shape index (κ3) is 4.97. The van der Waals surface area contributed by atoms with Crippen molar-refractivity contribution in [2.75, 3.05) is 26.6 Å². The molecule has 1 atom stereocenters. The number of carboxylic acids is 1. The standard InChI is InChI=1S/C24H25FN8O5/c1-27-10-13-6-14(5-4-12(13)9-26)29-20(15-7-18(37-2)19(38-3)8-17(15)25)21-30-24(36)33(32-21)22-16(23(34)35)11-28-31-22/h4-9,11,20,26-27,29H,10H2,1-3H3,(H,28,31)(H,34,35)(H,30,32,36). The lowest BCUT2D eigenvalue weighted by molar-refractivity contribution is 0.0696. The van der Waals surface area contributed by atoms with Gasteiger partial charge in [0.2, 0.25) is 0 Å². The molecule has 2 aromatic carbocycles. The summed E-state index contributed by atoms with van der Waals surface area (Å²) in [6, 6.07) is 6.73. The van der Waals surface area contributed by atoms with E-state index in [0.29, 0.717) is 17.8 Å². The molecule has 0 saturated carbocycles. The summed E-state index contributed by atoms with van der Waals surface area (Å²) in [5, 5.41) is 33.7. The number of hydrogen-bond donors (Lipinski definition) is 6. The van der Waals surface area contributed by atoms with Crippen molar-refractivity contribution >= 4 is 17.9 Å². The van der Waals surface area contributed by atoms with Crippen molar-refractivity contribution in [2.45, 2.75) is 12.6 Å². The molecule has 0 saturated heterocycles. The third-order valence-electron chi connectivity index (χ3n) is 5.76. The molecule has 198 valence electrons. The zero-order valence-corrected chi connectivity index (χ0v) is 20.6.